The van der Waals surface area contributed by atoms with E-state index >= 15 is 0 Å². The lowest BCUT2D eigenvalue weighted by atomic mass is 9.92. The third-order valence-electron chi connectivity index (χ3n) is 6.70. The molecule has 152 valence electrons. The van der Waals surface area contributed by atoms with Crippen LogP contribution in [0.5, 0.6) is 0 Å². The third-order valence-corrected chi connectivity index (χ3v) is 7.81. The maximum atomic E-state index is 12.5. The summed E-state index contributed by atoms with van der Waals surface area (Å²) in [6, 6.07) is 7.28. The van der Waals surface area contributed by atoms with Crippen molar-refractivity contribution < 1.29 is 8.42 Å². The molecule has 1 saturated carbocycles. The van der Waals surface area contributed by atoms with Gasteiger partial charge in [0.1, 0.15) is 5.52 Å². The van der Waals surface area contributed by atoms with E-state index in [0.29, 0.717) is 15.8 Å². The second-order valence-corrected chi connectivity index (χ2v) is 10.7. The summed E-state index contributed by atoms with van der Waals surface area (Å²) in [6.07, 6.45) is 9.86. The molecule has 2 aliphatic rings. The molecule has 1 saturated heterocycles. The van der Waals surface area contributed by atoms with Crippen LogP contribution in [0.4, 0.5) is 5.69 Å². The fraction of sp³-hybridized carbons (Fsp3) is 0.409. The molecule has 1 aromatic carbocycles. The Morgan fingerprint density at radius 1 is 1.03 bits per heavy atom. The van der Waals surface area contributed by atoms with Gasteiger partial charge in [0.15, 0.2) is 9.84 Å². The van der Waals surface area contributed by atoms with Crippen molar-refractivity contribution >= 4 is 26.4 Å². The Morgan fingerprint density at radius 3 is 2.41 bits per heavy atom. The number of fused-ring (bicyclic) bond motifs is 1. The number of H-pyrrole nitrogens is 1. The molecule has 1 N–H and O–H groups in total. The number of aromatic amines is 1. The highest BCUT2D eigenvalue weighted by Gasteiger charge is 2.44. The van der Waals surface area contributed by atoms with Crippen molar-refractivity contribution in [1.29, 1.82) is 0 Å². The van der Waals surface area contributed by atoms with Crippen molar-refractivity contribution in [2.45, 2.75) is 30.6 Å². The number of hydrogen-bond acceptors (Lipinski definition) is 4. The predicted molar refractivity (Wildman–Crippen MR) is 115 cm³/mol. The van der Waals surface area contributed by atoms with E-state index in [1.807, 2.05) is 18.3 Å². The van der Waals surface area contributed by atoms with Crippen molar-refractivity contribution in [2.75, 3.05) is 24.2 Å². The Balaban J connectivity index is 1.71. The molecule has 0 amide bonds. The molecule has 2 fully saturated rings. The normalized spacial score (nSPS) is 18.5. The van der Waals surface area contributed by atoms with E-state index in [9.17, 15) is 13.2 Å². The first kappa shape index (κ1) is 18.5. The minimum atomic E-state index is -3.34. The lowest BCUT2D eigenvalue weighted by Crippen LogP contribution is -2.34. The van der Waals surface area contributed by atoms with Crippen LogP contribution < -0.4 is 10.5 Å². The second kappa shape index (κ2) is 6.23. The molecule has 1 aliphatic carbocycles. The van der Waals surface area contributed by atoms with Gasteiger partial charge < -0.3 is 14.5 Å². The Hall–Kier alpha value is -2.54. The number of sulfone groups is 1. The van der Waals surface area contributed by atoms with Crippen LogP contribution in [0.25, 0.3) is 22.0 Å². The highest BCUT2D eigenvalue weighted by Crippen LogP contribution is 2.54. The first-order valence-corrected chi connectivity index (χ1v) is 11.9. The predicted octanol–water partition coefficient (Wildman–Crippen LogP) is 3.32. The van der Waals surface area contributed by atoms with E-state index in [-0.39, 0.29) is 5.56 Å². The van der Waals surface area contributed by atoms with Crippen LogP contribution in [-0.2, 0) is 16.9 Å². The number of pyridine rings is 1. The summed E-state index contributed by atoms with van der Waals surface area (Å²) in [4.78, 5) is 18.2. The Kier molecular flexibility index (Phi) is 3.97. The van der Waals surface area contributed by atoms with E-state index < -0.39 is 9.84 Å². The molecule has 0 unspecified atom stereocenters. The Morgan fingerprint density at radius 2 is 1.76 bits per heavy atom. The minimum absolute atomic E-state index is 0.0942. The van der Waals surface area contributed by atoms with Crippen LogP contribution in [0.1, 0.15) is 25.7 Å². The summed E-state index contributed by atoms with van der Waals surface area (Å²) in [7, 11) is -1.62. The number of anilines is 1. The van der Waals surface area contributed by atoms with Crippen molar-refractivity contribution in [3.05, 3.63) is 47.0 Å². The summed E-state index contributed by atoms with van der Waals surface area (Å²) in [5.41, 5.74) is 3.78. The van der Waals surface area contributed by atoms with Gasteiger partial charge in [0.25, 0.3) is 5.56 Å². The third kappa shape index (κ3) is 3.08. The maximum absolute atomic E-state index is 12.5. The molecule has 0 bridgehead atoms. The summed E-state index contributed by atoms with van der Waals surface area (Å²) >= 11 is 0. The zero-order valence-corrected chi connectivity index (χ0v) is 17.6. The molecule has 0 radical (unpaired) electrons. The fourth-order valence-electron chi connectivity index (χ4n) is 4.62. The SMILES string of the molecule is Cn1cc(-c2cc(S(C)(=O)=O)ccc2N2CCC3(CC2)CC3)c2cc[nH]c2c1=O. The molecule has 1 spiro atoms. The smallest absolute Gasteiger partial charge is 0.274 e. The highest BCUT2D eigenvalue weighted by molar-refractivity contribution is 7.90. The van der Waals surface area contributed by atoms with Crippen LogP contribution in [0.3, 0.4) is 0 Å². The fourth-order valence-corrected chi connectivity index (χ4v) is 5.27. The van der Waals surface area contributed by atoms with Gasteiger partial charge in [-0.1, -0.05) is 0 Å². The van der Waals surface area contributed by atoms with Gasteiger partial charge in [-0.25, -0.2) is 8.42 Å². The number of aromatic nitrogens is 2. The maximum Gasteiger partial charge on any atom is 0.274 e. The summed E-state index contributed by atoms with van der Waals surface area (Å²) in [5.74, 6) is 0. The highest BCUT2D eigenvalue weighted by atomic mass is 32.2. The van der Waals surface area contributed by atoms with Crippen LogP contribution in [0.15, 0.2) is 46.3 Å². The average molecular weight is 412 g/mol. The quantitative estimate of drug-likeness (QED) is 0.717. The molecule has 7 heteroatoms. The van der Waals surface area contributed by atoms with Crippen molar-refractivity contribution in [1.82, 2.24) is 9.55 Å². The summed E-state index contributed by atoms with van der Waals surface area (Å²) < 4.78 is 26.1. The molecular formula is C22H25N3O3S. The van der Waals surface area contributed by atoms with E-state index in [0.717, 1.165) is 35.3 Å². The molecule has 3 aromatic rings. The average Bonchev–Trinajstić information content (AvgIpc) is 3.25. The standard InChI is InChI=1S/C22H25N3O3S/c1-24-14-18(16-5-10-23-20(16)21(24)26)17-13-15(29(2,27)28)3-4-19(17)25-11-8-22(6-7-22)9-12-25/h3-5,10,13-14,23H,6-9,11-12H2,1-2H3. The van der Waals surface area contributed by atoms with Gasteiger partial charge in [-0.3, -0.25) is 4.79 Å². The van der Waals surface area contributed by atoms with Crippen molar-refractivity contribution in [3.8, 4) is 11.1 Å². The van der Waals surface area contributed by atoms with Gasteiger partial charge in [0, 0.05) is 61.0 Å². The van der Waals surface area contributed by atoms with Gasteiger partial charge in [0.05, 0.1) is 4.90 Å². The summed E-state index contributed by atoms with van der Waals surface area (Å²) in [6.45, 7) is 1.96. The molecule has 6 nitrogen and oxygen atoms in total. The van der Waals surface area contributed by atoms with E-state index in [4.69, 9.17) is 0 Å². The zero-order valence-electron chi connectivity index (χ0n) is 16.7. The molecule has 3 heterocycles. The van der Waals surface area contributed by atoms with Gasteiger partial charge in [-0.15, -0.1) is 0 Å². The monoisotopic (exact) mass is 411 g/mol. The van der Waals surface area contributed by atoms with E-state index in [1.165, 1.54) is 31.9 Å². The molecule has 0 atom stereocenters. The molecule has 2 aromatic heterocycles. The Labute approximate surface area is 170 Å². The number of aryl methyl sites for hydroxylation is 1. The number of rotatable bonds is 3. The van der Waals surface area contributed by atoms with Crippen LogP contribution in [0, 0.1) is 5.41 Å². The van der Waals surface area contributed by atoms with Gasteiger partial charge in [0.2, 0.25) is 0 Å². The van der Waals surface area contributed by atoms with Crippen molar-refractivity contribution in [3.63, 3.8) is 0 Å². The van der Waals surface area contributed by atoms with Gasteiger partial charge >= 0.3 is 0 Å². The first-order chi connectivity index (χ1) is 13.8. The number of piperidine rings is 1. The first-order valence-electron chi connectivity index (χ1n) is 10.0. The zero-order chi connectivity index (χ0) is 20.4. The number of nitrogens with zero attached hydrogens (tertiary/aromatic N) is 2. The van der Waals surface area contributed by atoms with E-state index in [1.54, 1.807) is 29.9 Å². The number of benzene rings is 1. The lowest BCUT2D eigenvalue weighted by molar-refractivity contribution is 0.384. The van der Waals surface area contributed by atoms with Gasteiger partial charge in [-0.2, -0.15) is 0 Å². The van der Waals surface area contributed by atoms with Crippen LogP contribution in [0.2, 0.25) is 0 Å². The van der Waals surface area contributed by atoms with Crippen LogP contribution >= 0.6 is 0 Å². The van der Waals surface area contributed by atoms with Gasteiger partial charge in [-0.05, 0) is 55.4 Å². The topological polar surface area (TPSA) is 75.2 Å². The molecular weight excluding hydrogens is 386 g/mol. The number of hydrogen-bond donors (Lipinski definition) is 1. The Bertz CT molecular complexity index is 1270. The summed E-state index contributed by atoms with van der Waals surface area (Å²) in [5, 5.41) is 0.815. The van der Waals surface area contributed by atoms with Crippen molar-refractivity contribution in [2.24, 2.45) is 12.5 Å². The minimum Gasteiger partial charge on any atom is -0.371 e. The lowest BCUT2D eigenvalue weighted by Gasteiger charge is -2.35. The largest absolute Gasteiger partial charge is 0.371 e. The number of nitrogens with one attached hydrogen (secondary N) is 1. The molecule has 29 heavy (non-hydrogen) atoms. The van der Waals surface area contributed by atoms with Crippen LogP contribution in [-0.4, -0.2) is 37.3 Å². The second-order valence-electron chi connectivity index (χ2n) is 8.66. The molecule has 5 rings (SSSR count). The van der Waals surface area contributed by atoms with E-state index in [2.05, 4.69) is 9.88 Å². The molecule has 1 aliphatic heterocycles.